The van der Waals surface area contributed by atoms with Gasteiger partial charge in [-0.15, -0.1) is 0 Å². The molecule has 4 aromatic heterocycles. The van der Waals surface area contributed by atoms with E-state index in [4.69, 9.17) is 11.5 Å². The third-order valence-corrected chi connectivity index (χ3v) is 9.67. The lowest BCUT2D eigenvalue weighted by Crippen LogP contribution is -2.28. The number of nitrogens with zero attached hydrogens (tertiary/aromatic N) is 10. The van der Waals surface area contributed by atoms with Crippen LogP contribution in [-0.4, -0.2) is 61.5 Å². The molecule has 0 radical (unpaired) electrons. The Morgan fingerprint density at radius 1 is 0.611 bits per heavy atom. The van der Waals surface area contributed by atoms with Gasteiger partial charge in [0, 0.05) is 51.4 Å². The van der Waals surface area contributed by atoms with E-state index in [1.54, 1.807) is 81.1 Å². The van der Waals surface area contributed by atoms with E-state index in [0.717, 1.165) is 22.2 Å². The van der Waals surface area contributed by atoms with Gasteiger partial charge >= 0.3 is 0 Å². The second kappa shape index (κ2) is 14.4. The van der Waals surface area contributed by atoms with Gasteiger partial charge in [0.25, 0.3) is 11.8 Å². The van der Waals surface area contributed by atoms with Gasteiger partial charge in [-0.1, -0.05) is 11.1 Å². The van der Waals surface area contributed by atoms with E-state index >= 15 is 0 Å². The van der Waals surface area contributed by atoms with Crippen LogP contribution in [0.15, 0.2) is 69.7 Å². The van der Waals surface area contributed by atoms with Crippen LogP contribution < -0.4 is 22.7 Å². The van der Waals surface area contributed by atoms with Gasteiger partial charge in [0.05, 0.1) is 33.5 Å². The summed E-state index contributed by atoms with van der Waals surface area (Å²) in [6.45, 7) is 13.1. The average Bonchev–Trinajstić information content (AvgIpc) is 3.86. The van der Waals surface area contributed by atoms with Crippen molar-refractivity contribution in [2.75, 3.05) is 0 Å². The zero-order valence-electron chi connectivity index (χ0n) is 31.7. The molecular weight excluding hydrogens is 688 g/mol. The molecule has 280 valence electrons. The molecule has 0 aliphatic rings. The van der Waals surface area contributed by atoms with Gasteiger partial charge in [-0.3, -0.25) is 28.5 Å². The number of carbonyl (C=O) groups excluding carboxylic acids is 4. The van der Waals surface area contributed by atoms with Gasteiger partial charge in [0.1, 0.15) is 11.4 Å². The molecular formula is C38H44N12O4. The van der Waals surface area contributed by atoms with Crippen molar-refractivity contribution in [1.82, 2.24) is 37.8 Å². The van der Waals surface area contributed by atoms with Crippen LogP contribution in [0.2, 0.25) is 0 Å². The Balaban J connectivity index is 1.50. The molecule has 0 unspecified atom stereocenters. The monoisotopic (exact) mass is 732 g/mol. The third kappa shape index (κ3) is 6.73. The summed E-state index contributed by atoms with van der Waals surface area (Å²) in [5.74, 6) is -2.06. The number of carbonyl (C=O) groups is 4. The fourth-order valence-corrected chi connectivity index (χ4v) is 6.68. The average molecular weight is 733 g/mol. The highest BCUT2D eigenvalue weighted by molar-refractivity contribution is 5.98. The van der Waals surface area contributed by atoms with Crippen molar-refractivity contribution in [3.05, 3.63) is 105 Å². The summed E-state index contributed by atoms with van der Waals surface area (Å²) in [5, 5.41) is 8.83. The molecule has 0 spiro atoms. The van der Waals surface area contributed by atoms with Crippen molar-refractivity contribution >= 4 is 45.7 Å². The predicted octanol–water partition coefficient (Wildman–Crippen LogP) is 3.04. The molecule has 0 fully saturated rings. The minimum atomic E-state index is -0.572. The van der Waals surface area contributed by atoms with E-state index < -0.39 is 23.6 Å². The Hall–Kier alpha value is -6.58. The fourth-order valence-electron chi connectivity index (χ4n) is 6.68. The number of aromatic nitrogens is 8. The lowest BCUT2D eigenvalue weighted by Gasteiger charge is -2.12. The SMILES string of the molecule is CCn1nc(C)cc1C(=O)/N=c1\n(C)c2cc(C(N)=O)ccc2n1C/C(C)=C(\C)Cn1/c(=N/C(=O)c2cc(C)nn2CC)n(C)c2cc(C(N)=O)ccc21. The maximum absolute atomic E-state index is 13.7. The first-order chi connectivity index (χ1) is 25.6. The molecule has 0 bridgehead atoms. The molecule has 16 nitrogen and oxygen atoms in total. The Labute approximate surface area is 310 Å². The van der Waals surface area contributed by atoms with E-state index in [2.05, 4.69) is 20.2 Å². The molecule has 0 atom stereocenters. The van der Waals surface area contributed by atoms with Crippen molar-refractivity contribution in [2.45, 2.75) is 67.7 Å². The highest BCUT2D eigenvalue weighted by atomic mass is 16.2. The van der Waals surface area contributed by atoms with Gasteiger partial charge in [0.2, 0.25) is 23.1 Å². The van der Waals surface area contributed by atoms with Gasteiger partial charge in [-0.25, -0.2) is 0 Å². The fraction of sp³-hybridized carbons (Fsp3) is 0.316. The first-order valence-corrected chi connectivity index (χ1v) is 17.5. The van der Waals surface area contributed by atoms with Gasteiger partial charge in [-0.05, 0) is 90.1 Å². The number of primary amides is 2. The van der Waals surface area contributed by atoms with E-state index in [1.807, 2.05) is 50.7 Å². The predicted molar refractivity (Wildman–Crippen MR) is 202 cm³/mol. The number of benzene rings is 2. The van der Waals surface area contributed by atoms with E-state index in [1.165, 1.54) is 0 Å². The minimum absolute atomic E-state index is 0.325. The number of amides is 4. The third-order valence-electron chi connectivity index (χ3n) is 9.67. The quantitative estimate of drug-likeness (QED) is 0.203. The standard InChI is InChI=1S/C38H44N12O4/c1-9-49-31(15-23(5)43-49)35(53)41-37-45(7)29-17-25(33(39)51)11-13-27(29)47(37)19-21(3)22(4)20-48-28-14-12-26(34(40)52)18-30(28)46(8)38(48)42-36(54)32-16-24(6)44-50(32)10-2/h11-18H,9-10,19-20H2,1-8H3,(H2,39,51)(H2,40,52)/b22-21+,41-37+,42-38+. The van der Waals surface area contributed by atoms with Gasteiger partial charge in [-0.2, -0.15) is 20.2 Å². The Kier molecular flexibility index (Phi) is 9.95. The van der Waals surface area contributed by atoms with Crippen LogP contribution in [-0.2, 0) is 40.3 Å². The van der Waals surface area contributed by atoms with Crippen molar-refractivity contribution in [3.63, 3.8) is 0 Å². The second-order valence-electron chi connectivity index (χ2n) is 13.4. The number of rotatable bonds is 10. The van der Waals surface area contributed by atoms with E-state index in [-0.39, 0.29) is 0 Å². The van der Waals surface area contributed by atoms with Crippen LogP contribution in [0, 0.1) is 13.8 Å². The second-order valence-corrected chi connectivity index (χ2v) is 13.4. The number of fused-ring (bicyclic) bond motifs is 2. The van der Waals surface area contributed by atoms with Crippen molar-refractivity contribution in [2.24, 2.45) is 35.5 Å². The smallest absolute Gasteiger partial charge is 0.298 e. The lowest BCUT2D eigenvalue weighted by molar-refractivity contribution is 0.0977. The highest BCUT2D eigenvalue weighted by Gasteiger charge is 2.20. The number of imidazole rings is 2. The molecule has 4 N–H and O–H groups in total. The van der Waals surface area contributed by atoms with E-state index in [9.17, 15) is 19.2 Å². The zero-order valence-corrected chi connectivity index (χ0v) is 31.7. The maximum atomic E-state index is 13.7. The maximum Gasteiger partial charge on any atom is 0.298 e. The molecule has 6 rings (SSSR count). The summed E-state index contributed by atoms with van der Waals surface area (Å²) >= 11 is 0. The van der Waals surface area contributed by atoms with Crippen molar-refractivity contribution in [1.29, 1.82) is 0 Å². The number of hydrogen-bond donors (Lipinski definition) is 2. The molecule has 2 aromatic carbocycles. The van der Waals surface area contributed by atoms with Crippen molar-refractivity contribution < 1.29 is 19.2 Å². The van der Waals surface area contributed by atoms with Crippen molar-refractivity contribution in [3.8, 4) is 0 Å². The topological polar surface area (TPSA) is 200 Å². The van der Waals surface area contributed by atoms with Crippen LogP contribution in [0.1, 0.15) is 80.8 Å². The largest absolute Gasteiger partial charge is 0.366 e. The molecule has 16 heteroatoms. The molecule has 6 aromatic rings. The molecule has 0 saturated heterocycles. The first kappa shape index (κ1) is 37.2. The minimum Gasteiger partial charge on any atom is -0.366 e. The summed E-state index contributed by atoms with van der Waals surface area (Å²) in [5.41, 5.74) is 19.5. The number of nitrogens with two attached hydrogens (primary N) is 2. The Bertz CT molecular complexity index is 2520. The zero-order chi connectivity index (χ0) is 39.2. The first-order valence-electron chi connectivity index (χ1n) is 17.5. The normalized spacial score (nSPS) is 13.0. The number of allylic oxidation sites excluding steroid dienone is 2. The summed E-state index contributed by atoms with van der Waals surface area (Å²) in [7, 11) is 3.57. The number of hydrogen-bond acceptors (Lipinski definition) is 6. The summed E-state index contributed by atoms with van der Waals surface area (Å²) in [4.78, 5) is 60.8. The van der Waals surface area contributed by atoms with Crippen LogP contribution in [0.25, 0.3) is 22.1 Å². The summed E-state index contributed by atoms with van der Waals surface area (Å²) in [6, 6.07) is 13.7. The Morgan fingerprint density at radius 2 is 0.981 bits per heavy atom. The number of aryl methyl sites for hydroxylation is 6. The van der Waals surface area contributed by atoms with Crippen LogP contribution in [0.3, 0.4) is 0 Å². The van der Waals surface area contributed by atoms with Gasteiger partial charge < -0.3 is 29.7 Å². The molecule has 54 heavy (non-hydrogen) atoms. The highest BCUT2D eigenvalue weighted by Crippen LogP contribution is 2.21. The molecule has 4 amide bonds. The van der Waals surface area contributed by atoms with E-state index in [0.29, 0.717) is 82.4 Å². The summed E-state index contributed by atoms with van der Waals surface area (Å²) < 4.78 is 10.6. The molecule has 0 aliphatic carbocycles. The lowest BCUT2D eigenvalue weighted by atomic mass is 10.1. The summed E-state index contributed by atoms with van der Waals surface area (Å²) in [6.07, 6.45) is 0. The molecule has 0 aliphatic heterocycles. The van der Waals surface area contributed by atoms with Gasteiger partial charge in [0.15, 0.2) is 0 Å². The molecule has 4 heterocycles. The Morgan fingerprint density at radius 3 is 1.31 bits per heavy atom. The molecule has 0 saturated carbocycles. The van der Waals surface area contributed by atoms with Crippen LogP contribution in [0.4, 0.5) is 0 Å². The van der Waals surface area contributed by atoms with Crippen LogP contribution in [0.5, 0.6) is 0 Å². The van der Waals surface area contributed by atoms with Crippen LogP contribution >= 0.6 is 0 Å².